The quantitative estimate of drug-likeness (QED) is 0.895. The Labute approximate surface area is 105 Å². The molecule has 2 aromatic heterocycles. The molecule has 0 amide bonds. The molecule has 2 heterocycles. The summed E-state index contributed by atoms with van der Waals surface area (Å²) in [5.74, 6) is -1.33. The lowest BCUT2D eigenvalue weighted by atomic mass is 10.2. The molecule has 6 nitrogen and oxygen atoms in total. The van der Waals surface area contributed by atoms with Crippen LogP contribution in [0.4, 0.5) is 0 Å². The Hall–Kier alpha value is -2.46. The number of carboxylic acid groups (broad SMARTS) is 1. The number of nitriles is 1. The minimum atomic E-state index is -1.33. The van der Waals surface area contributed by atoms with Crippen LogP contribution in [0.25, 0.3) is 10.6 Å². The predicted octanol–water partition coefficient (Wildman–Crippen LogP) is 1.19. The van der Waals surface area contributed by atoms with E-state index in [-0.39, 0.29) is 12.1 Å². The first-order chi connectivity index (χ1) is 8.63. The van der Waals surface area contributed by atoms with E-state index in [0.29, 0.717) is 5.69 Å². The Balaban J connectivity index is 2.67. The Kier molecular flexibility index (Phi) is 3.21. The van der Waals surface area contributed by atoms with Crippen molar-refractivity contribution in [2.75, 3.05) is 0 Å². The van der Waals surface area contributed by atoms with Gasteiger partial charge in [-0.25, -0.2) is 9.48 Å². The zero-order valence-electron chi connectivity index (χ0n) is 9.03. The van der Waals surface area contributed by atoms with Crippen LogP contribution in [-0.4, -0.2) is 20.9 Å². The van der Waals surface area contributed by atoms with Crippen LogP contribution in [0.5, 0.6) is 0 Å². The predicted molar refractivity (Wildman–Crippen MR) is 64.4 cm³/mol. The van der Waals surface area contributed by atoms with Gasteiger partial charge in [0.25, 0.3) is 5.56 Å². The smallest absolute Gasteiger partial charge is 0.341 e. The summed E-state index contributed by atoms with van der Waals surface area (Å²) in [5, 5.41) is 23.4. The van der Waals surface area contributed by atoms with Crippen molar-refractivity contribution in [1.82, 2.24) is 9.78 Å². The van der Waals surface area contributed by atoms with E-state index in [4.69, 9.17) is 10.4 Å². The van der Waals surface area contributed by atoms with E-state index in [1.165, 1.54) is 17.4 Å². The van der Waals surface area contributed by atoms with Crippen LogP contribution in [0.1, 0.15) is 10.4 Å². The van der Waals surface area contributed by atoms with Crippen molar-refractivity contribution >= 4 is 17.3 Å². The van der Waals surface area contributed by atoms with Crippen LogP contribution in [-0.2, 0) is 6.54 Å². The number of hydrogen-bond acceptors (Lipinski definition) is 5. The van der Waals surface area contributed by atoms with Crippen molar-refractivity contribution < 1.29 is 9.90 Å². The summed E-state index contributed by atoms with van der Waals surface area (Å²) in [4.78, 5) is 23.4. The molecule has 0 saturated heterocycles. The van der Waals surface area contributed by atoms with Gasteiger partial charge in [-0.15, -0.1) is 11.3 Å². The van der Waals surface area contributed by atoms with Crippen LogP contribution in [0.2, 0.25) is 0 Å². The number of thiophene rings is 1. The van der Waals surface area contributed by atoms with Crippen LogP contribution in [0, 0.1) is 11.3 Å². The summed E-state index contributed by atoms with van der Waals surface area (Å²) in [6.07, 6.45) is 0. The molecule has 0 spiro atoms. The van der Waals surface area contributed by atoms with Gasteiger partial charge < -0.3 is 5.11 Å². The van der Waals surface area contributed by atoms with Crippen molar-refractivity contribution in [1.29, 1.82) is 5.26 Å². The molecule has 0 atom stereocenters. The number of carbonyl (C=O) groups is 1. The lowest BCUT2D eigenvalue weighted by Gasteiger charge is -2.04. The summed E-state index contributed by atoms with van der Waals surface area (Å²) in [7, 11) is 0. The summed E-state index contributed by atoms with van der Waals surface area (Å²) in [5.41, 5.74) is -0.787. The first-order valence-corrected chi connectivity index (χ1v) is 5.77. The van der Waals surface area contributed by atoms with E-state index in [1.54, 1.807) is 18.2 Å². The van der Waals surface area contributed by atoms with Crippen LogP contribution in [0.15, 0.2) is 28.4 Å². The Morgan fingerprint density at radius 1 is 1.61 bits per heavy atom. The highest BCUT2D eigenvalue weighted by molar-refractivity contribution is 7.13. The SMILES string of the molecule is N#CCn1nc(-c2cccs2)cc(C(=O)O)c1=O. The molecular weight excluding hydrogens is 254 g/mol. The van der Waals surface area contributed by atoms with Crippen molar-refractivity contribution in [2.45, 2.75) is 6.54 Å². The number of nitrogens with zero attached hydrogens (tertiary/aromatic N) is 3. The second-order valence-corrected chi connectivity index (χ2v) is 4.29. The number of aromatic nitrogens is 2. The third-order valence-electron chi connectivity index (χ3n) is 2.20. The zero-order chi connectivity index (χ0) is 13.1. The van der Waals surface area contributed by atoms with E-state index in [9.17, 15) is 9.59 Å². The largest absolute Gasteiger partial charge is 0.477 e. The molecule has 0 unspecified atom stereocenters. The van der Waals surface area contributed by atoms with Gasteiger partial charge in [-0.05, 0) is 17.5 Å². The standard InChI is InChI=1S/C11H7N3O3S/c12-3-4-14-10(15)7(11(16)17)6-8(13-14)9-2-1-5-18-9/h1-2,5-6H,4H2,(H,16,17). The minimum Gasteiger partial charge on any atom is -0.477 e. The molecule has 0 aromatic carbocycles. The third-order valence-corrected chi connectivity index (χ3v) is 3.09. The summed E-state index contributed by atoms with van der Waals surface area (Å²) < 4.78 is 0.860. The van der Waals surface area contributed by atoms with Gasteiger partial charge in [-0.1, -0.05) is 6.07 Å². The molecule has 18 heavy (non-hydrogen) atoms. The van der Waals surface area contributed by atoms with Gasteiger partial charge in [0.1, 0.15) is 17.8 Å². The molecule has 0 aliphatic rings. The summed E-state index contributed by atoms with van der Waals surface area (Å²) in [6, 6.07) is 6.56. The monoisotopic (exact) mass is 261 g/mol. The molecule has 0 fully saturated rings. The lowest BCUT2D eigenvalue weighted by molar-refractivity contribution is 0.0694. The van der Waals surface area contributed by atoms with Gasteiger partial charge >= 0.3 is 5.97 Å². The Morgan fingerprint density at radius 3 is 2.94 bits per heavy atom. The number of aromatic carboxylic acids is 1. The number of hydrogen-bond donors (Lipinski definition) is 1. The molecule has 0 bridgehead atoms. The van der Waals surface area contributed by atoms with Crippen molar-refractivity contribution in [3.8, 4) is 16.6 Å². The molecule has 90 valence electrons. The fourth-order valence-corrected chi connectivity index (χ4v) is 2.10. The molecule has 0 radical (unpaired) electrons. The van der Waals surface area contributed by atoms with Gasteiger partial charge in [0.2, 0.25) is 0 Å². The molecular formula is C11H7N3O3S. The van der Waals surface area contributed by atoms with E-state index in [2.05, 4.69) is 5.10 Å². The van der Waals surface area contributed by atoms with E-state index < -0.39 is 11.5 Å². The molecule has 2 rings (SSSR count). The molecule has 0 aliphatic heterocycles. The highest BCUT2D eigenvalue weighted by atomic mass is 32.1. The Morgan fingerprint density at radius 2 is 2.39 bits per heavy atom. The number of rotatable bonds is 3. The average molecular weight is 261 g/mol. The van der Waals surface area contributed by atoms with Crippen molar-refractivity contribution in [2.24, 2.45) is 0 Å². The Bertz CT molecular complexity index is 683. The molecule has 7 heteroatoms. The van der Waals surface area contributed by atoms with E-state index in [0.717, 1.165) is 9.56 Å². The summed E-state index contributed by atoms with van der Waals surface area (Å²) in [6.45, 7) is -0.279. The fraction of sp³-hybridized carbons (Fsp3) is 0.0909. The van der Waals surface area contributed by atoms with Crippen LogP contribution in [0.3, 0.4) is 0 Å². The maximum Gasteiger partial charge on any atom is 0.341 e. The molecule has 2 aromatic rings. The van der Waals surface area contributed by atoms with Crippen molar-refractivity contribution in [3.05, 3.63) is 39.5 Å². The average Bonchev–Trinajstić information content (AvgIpc) is 2.85. The van der Waals surface area contributed by atoms with Gasteiger partial charge in [0, 0.05) is 0 Å². The van der Waals surface area contributed by atoms with E-state index in [1.807, 2.05) is 5.38 Å². The number of carboxylic acids is 1. The highest BCUT2D eigenvalue weighted by Crippen LogP contribution is 2.22. The topological polar surface area (TPSA) is 96.0 Å². The lowest BCUT2D eigenvalue weighted by Crippen LogP contribution is -2.28. The third kappa shape index (κ3) is 2.14. The first kappa shape index (κ1) is 12.0. The first-order valence-electron chi connectivity index (χ1n) is 4.89. The van der Waals surface area contributed by atoms with E-state index >= 15 is 0 Å². The van der Waals surface area contributed by atoms with Gasteiger partial charge in [0.15, 0.2) is 0 Å². The normalized spacial score (nSPS) is 9.94. The maximum absolute atomic E-state index is 11.7. The molecule has 0 saturated carbocycles. The summed E-state index contributed by atoms with van der Waals surface area (Å²) >= 11 is 1.38. The van der Waals surface area contributed by atoms with Crippen LogP contribution < -0.4 is 5.56 Å². The second-order valence-electron chi connectivity index (χ2n) is 3.35. The van der Waals surface area contributed by atoms with Gasteiger partial charge in [-0.2, -0.15) is 10.4 Å². The second kappa shape index (κ2) is 4.81. The highest BCUT2D eigenvalue weighted by Gasteiger charge is 2.15. The fourth-order valence-electron chi connectivity index (χ4n) is 1.41. The minimum absolute atomic E-state index is 0.279. The zero-order valence-corrected chi connectivity index (χ0v) is 9.85. The van der Waals surface area contributed by atoms with Crippen molar-refractivity contribution in [3.63, 3.8) is 0 Å². The molecule has 0 aliphatic carbocycles. The molecule has 1 N–H and O–H groups in total. The van der Waals surface area contributed by atoms with Gasteiger partial charge in [-0.3, -0.25) is 4.79 Å². The van der Waals surface area contributed by atoms with Crippen LogP contribution >= 0.6 is 11.3 Å². The maximum atomic E-state index is 11.7. The van der Waals surface area contributed by atoms with Gasteiger partial charge in [0.05, 0.1) is 10.9 Å².